The molecule has 23 heteroatoms. The lowest BCUT2D eigenvalue weighted by molar-refractivity contribution is -0.352. The minimum atomic E-state index is -1.88. The van der Waals surface area contributed by atoms with Gasteiger partial charge in [-0.2, -0.15) is 0 Å². The first kappa shape index (κ1) is 51.2. The minimum absolute atomic E-state index is 0.00804. The van der Waals surface area contributed by atoms with E-state index in [1.807, 2.05) is 0 Å². The Bertz CT molecular complexity index is 1540. The van der Waals surface area contributed by atoms with Gasteiger partial charge >= 0.3 is 5.97 Å². The van der Waals surface area contributed by atoms with Gasteiger partial charge in [-0.3, -0.25) is 0 Å². The van der Waals surface area contributed by atoms with E-state index in [2.05, 4.69) is 0 Å². The van der Waals surface area contributed by atoms with Crippen molar-refractivity contribution in [3.63, 3.8) is 0 Å². The molecule has 0 spiro atoms. The average Bonchev–Trinajstić information content (AvgIpc) is 3.27. The fourth-order valence-corrected chi connectivity index (χ4v) is 10.3. The smallest absolute Gasteiger partial charge is 0.330 e. The largest absolute Gasteiger partial charge is 0.460 e. The predicted molar refractivity (Wildman–Crippen MR) is 212 cm³/mol. The number of rotatable bonds is 12. The number of aliphatic hydroxyl groups is 14. The van der Waals surface area contributed by atoms with Gasteiger partial charge in [0.1, 0.15) is 79.9 Å². The SMILES string of the molecule is C[C@@H]1O[C@@H](OC[C@H]2O[C@@H](OC3CC4C(CC(O)CC4O[C@@H]4O[C@H](COC(=O)C=CC5CCC(O)CC5)[C@@H](O)[C@H](O)[C@H]4O)OC3C3CC(O)C(O)C(O)C3)[C@H](O)[C@@H](O)[C@H]2O)[C@H](O)[C@H](O)[C@H]1O. The zero-order valence-electron chi connectivity index (χ0n) is 36.0. The molecular weight excluding hydrogens is 872 g/mol. The maximum absolute atomic E-state index is 12.6. The van der Waals surface area contributed by atoms with Gasteiger partial charge in [0.2, 0.25) is 0 Å². The topological polar surface area (TPSA) is 374 Å². The lowest BCUT2D eigenvalue weighted by Gasteiger charge is -2.53. The van der Waals surface area contributed by atoms with Crippen LogP contribution in [0.15, 0.2) is 12.2 Å². The molecule has 7 fully saturated rings. The van der Waals surface area contributed by atoms with Crippen LogP contribution < -0.4 is 0 Å². The Kier molecular flexibility index (Phi) is 17.3. The molecule has 0 aromatic heterocycles. The quantitative estimate of drug-likeness (QED) is 0.0640. The van der Waals surface area contributed by atoms with Crippen LogP contribution in [0.25, 0.3) is 0 Å². The van der Waals surface area contributed by atoms with Crippen LogP contribution in [0.3, 0.4) is 0 Å². The summed E-state index contributed by atoms with van der Waals surface area (Å²) in [5, 5.41) is 149. The Balaban J connectivity index is 1.05. The molecule has 23 nitrogen and oxygen atoms in total. The van der Waals surface area contributed by atoms with Crippen LogP contribution in [0.5, 0.6) is 0 Å². The Morgan fingerprint density at radius 2 is 1.09 bits per heavy atom. The van der Waals surface area contributed by atoms with E-state index in [0.29, 0.717) is 25.7 Å². The van der Waals surface area contributed by atoms with Crippen molar-refractivity contribution in [3.05, 3.63) is 12.2 Å². The highest BCUT2D eigenvalue weighted by atomic mass is 16.7. The Hall–Kier alpha value is -1.63. The van der Waals surface area contributed by atoms with Gasteiger partial charge in [0.25, 0.3) is 0 Å². The highest BCUT2D eigenvalue weighted by molar-refractivity contribution is 5.81. The molecule has 14 N–H and O–H groups in total. The number of hydrogen-bond donors (Lipinski definition) is 14. The van der Waals surface area contributed by atoms with E-state index in [-0.39, 0.29) is 44.1 Å². The third-order valence-corrected chi connectivity index (χ3v) is 14.3. The van der Waals surface area contributed by atoms with Gasteiger partial charge in [-0.25, -0.2) is 4.79 Å². The van der Waals surface area contributed by atoms with Crippen LogP contribution in [0.1, 0.15) is 64.7 Å². The first-order valence-electron chi connectivity index (χ1n) is 22.7. The zero-order valence-corrected chi connectivity index (χ0v) is 36.0. The molecule has 0 bridgehead atoms. The average molecular weight is 941 g/mol. The molecule has 374 valence electrons. The minimum Gasteiger partial charge on any atom is -0.460 e. The van der Waals surface area contributed by atoms with Crippen molar-refractivity contribution < 1.29 is 114 Å². The summed E-state index contributed by atoms with van der Waals surface area (Å²) in [5.41, 5.74) is 0. The molecule has 0 amide bonds. The molecule has 65 heavy (non-hydrogen) atoms. The summed E-state index contributed by atoms with van der Waals surface area (Å²) in [6.07, 6.45) is -28.2. The van der Waals surface area contributed by atoms with Gasteiger partial charge in [0.15, 0.2) is 18.9 Å². The molecule has 4 saturated heterocycles. The summed E-state index contributed by atoms with van der Waals surface area (Å²) < 4.78 is 47.5. The van der Waals surface area contributed by atoms with Crippen molar-refractivity contribution in [1.82, 2.24) is 0 Å². The van der Waals surface area contributed by atoms with E-state index < -0.39 is 172 Å². The maximum Gasteiger partial charge on any atom is 0.330 e. The fourth-order valence-electron chi connectivity index (χ4n) is 10.3. The third-order valence-electron chi connectivity index (χ3n) is 14.3. The highest BCUT2D eigenvalue weighted by Crippen LogP contribution is 2.45. The molecule has 3 saturated carbocycles. The lowest BCUT2D eigenvalue weighted by atomic mass is 9.72. The molecule has 0 radical (unpaired) electrons. The van der Waals surface area contributed by atoms with Crippen LogP contribution in [0.2, 0.25) is 0 Å². The van der Waals surface area contributed by atoms with Crippen LogP contribution in [-0.4, -0.2) is 238 Å². The van der Waals surface area contributed by atoms with Crippen LogP contribution in [-0.2, 0) is 42.7 Å². The van der Waals surface area contributed by atoms with E-state index in [4.69, 9.17) is 37.9 Å². The number of carbonyl (C=O) groups excluding carboxylic acids is 1. The summed E-state index contributed by atoms with van der Waals surface area (Å²) in [4.78, 5) is 12.6. The van der Waals surface area contributed by atoms with Gasteiger partial charge in [-0.15, -0.1) is 0 Å². The Labute approximate surface area is 374 Å². The van der Waals surface area contributed by atoms with Crippen LogP contribution in [0.4, 0.5) is 0 Å². The lowest BCUT2D eigenvalue weighted by Crippen LogP contribution is -2.64. The molecule has 0 aromatic carbocycles. The van der Waals surface area contributed by atoms with E-state index in [1.54, 1.807) is 6.08 Å². The number of ether oxygens (including phenoxy) is 8. The van der Waals surface area contributed by atoms with Gasteiger partial charge < -0.3 is 109 Å². The first-order valence-corrected chi connectivity index (χ1v) is 22.7. The molecule has 3 aliphatic carbocycles. The highest BCUT2D eigenvalue weighted by Gasteiger charge is 2.55. The normalized spacial score (nSPS) is 52.2. The van der Waals surface area contributed by atoms with Crippen molar-refractivity contribution in [1.29, 1.82) is 0 Å². The predicted octanol–water partition coefficient (Wildman–Crippen LogP) is -5.71. The standard InChI is InChI=1S/C42H68O23/c1-15-29(48)33(52)36(55)40(60-15)59-14-27-32(51)35(54)38(57)42(65-27)63-25-12-20-23(61-39(25)17-8-21(45)30(49)22(46)9-17)10-19(44)11-24(20)62-41-37(56)34(53)31(50)26(64-41)13-58-28(47)7-4-16-2-5-18(43)6-3-16/h4,7,15-27,29-46,48-57H,2-3,5-6,8-14H2,1H3/t15-,16?,17?,18?,19?,20?,21?,22?,23?,24?,25?,26+,27+,29-,30?,31+,32-,33+,34-,35-,36+,37+,38+,39?,40+,41+,42+/m0/s1. The van der Waals surface area contributed by atoms with Crippen molar-refractivity contribution in [2.75, 3.05) is 13.2 Å². The number of fused-ring (bicyclic) bond motifs is 1. The van der Waals surface area contributed by atoms with E-state index in [9.17, 15) is 76.3 Å². The molecule has 0 aromatic rings. The number of aliphatic hydroxyl groups excluding tert-OH is 14. The van der Waals surface area contributed by atoms with Crippen LogP contribution >= 0.6 is 0 Å². The van der Waals surface area contributed by atoms with E-state index in [0.717, 1.165) is 0 Å². The molecule has 7 aliphatic rings. The Morgan fingerprint density at radius 1 is 0.538 bits per heavy atom. The molecule has 4 heterocycles. The maximum atomic E-state index is 12.6. The van der Waals surface area contributed by atoms with Crippen LogP contribution in [0, 0.1) is 17.8 Å². The van der Waals surface area contributed by atoms with Crippen molar-refractivity contribution >= 4 is 5.97 Å². The fraction of sp³-hybridized carbons (Fsp3) is 0.929. The molecular formula is C42H68O23. The molecule has 7 rings (SSSR count). The van der Waals surface area contributed by atoms with Gasteiger partial charge in [0, 0.05) is 18.4 Å². The summed E-state index contributed by atoms with van der Waals surface area (Å²) >= 11 is 0. The van der Waals surface area contributed by atoms with Crippen molar-refractivity contribution in [2.45, 2.75) is 212 Å². The third kappa shape index (κ3) is 11.7. The van der Waals surface area contributed by atoms with E-state index >= 15 is 0 Å². The second-order valence-electron chi connectivity index (χ2n) is 19.0. The van der Waals surface area contributed by atoms with Crippen molar-refractivity contribution in [3.8, 4) is 0 Å². The number of carbonyl (C=O) groups is 1. The second-order valence-corrected chi connectivity index (χ2v) is 19.0. The number of hydrogen-bond acceptors (Lipinski definition) is 23. The van der Waals surface area contributed by atoms with Gasteiger partial charge in [0.05, 0.1) is 61.5 Å². The molecule has 4 aliphatic heterocycles. The van der Waals surface area contributed by atoms with Gasteiger partial charge in [-0.1, -0.05) is 6.08 Å². The number of esters is 1. The zero-order chi connectivity index (χ0) is 47.0. The summed E-state index contributed by atoms with van der Waals surface area (Å²) in [6, 6.07) is 0. The Morgan fingerprint density at radius 3 is 1.71 bits per heavy atom. The second kappa shape index (κ2) is 22.0. The molecule has 8 unspecified atom stereocenters. The van der Waals surface area contributed by atoms with Crippen molar-refractivity contribution in [2.24, 2.45) is 17.8 Å². The summed E-state index contributed by atoms with van der Waals surface area (Å²) in [6.45, 7) is 0.338. The summed E-state index contributed by atoms with van der Waals surface area (Å²) in [7, 11) is 0. The van der Waals surface area contributed by atoms with Gasteiger partial charge in [-0.05, 0) is 70.1 Å². The molecule has 23 atom stereocenters. The first-order chi connectivity index (χ1) is 30.8. The summed E-state index contributed by atoms with van der Waals surface area (Å²) in [5.74, 6) is -2.05. The van der Waals surface area contributed by atoms with E-state index in [1.165, 1.54) is 13.0 Å². The monoisotopic (exact) mass is 940 g/mol. The number of allylic oxidation sites excluding steroid dienone is 1.